The van der Waals surface area contributed by atoms with Gasteiger partial charge in [-0.25, -0.2) is 8.42 Å². The first kappa shape index (κ1) is 31.9. The first-order valence-electron chi connectivity index (χ1n) is 13.4. The average molecular weight is 637 g/mol. The maximum atomic E-state index is 13.7. The second-order valence-electron chi connectivity index (χ2n) is 10.5. The summed E-state index contributed by atoms with van der Waals surface area (Å²) in [6, 6.07) is 15.8. The first-order chi connectivity index (χ1) is 19.9. The Bertz CT molecular complexity index is 1520. The number of aliphatic hydroxyl groups excluding tert-OH is 1. The molecule has 0 bridgehead atoms. The number of aliphatic hydroxyl groups is 1. The molecule has 0 spiro atoms. The Morgan fingerprint density at radius 2 is 1.86 bits per heavy atom. The third kappa shape index (κ3) is 7.30. The summed E-state index contributed by atoms with van der Waals surface area (Å²) in [5.74, 6) is 0.131. The Morgan fingerprint density at radius 3 is 2.50 bits per heavy atom. The number of sulfonamides is 1. The Hall–Kier alpha value is -3.02. The number of carbonyl (C=O) groups excluding carboxylic acids is 1. The highest BCUT2D eigenvalue weighted by Crippen LogP contribution is 2.36. The fraction of sp³-hybridized carbons (Fsp3) is 0.367. The molecule has 12 heteroatoms. The highest BCUT2D eigenvalue weighted by atomic mass is 35.5. The lowest BCUT2D eigenvalue weighted by Crippen LogP contribution is -2.49. The van der Waals surface area contributed by atoms with Gasteiger partial charge in [-0.2, -0.15) is 0 Å². The molecule has 0 fully saturated rings. The van der Waals surface area contributed by atoms with E-state index in [0.717, 1.165) is 5.56 Å². The minimum Gasteiger partial charge on any atom is -0.497 e. The van der Waals surface area contributed by atoms with Crippen LogP contribution in [-0.2, 0) is 16.6 Å². The van der Waals surface area contributed by atoms with Crippen LogP contribution in [0.2, 0.25) is 10.0 Å². The van der Waals surface area contributed by atoms with E-state index >= 15 is 0 Å². The molecular formula is C30H35Cl2N3O6S. The zero-order valence-corrected chi connectivity index (χ0v) is 26.2. The number of para-hydroxylation sites is 1. The lowest BCUT2D eigenvalue weighted by atomic mass is 9.99. The minimum absolute atomic E-state index is 0.0277. The molecule has 42 heavy (non-hydrogen) atoms. The number of ether oxygens (including phenoxy) is 2. The highest BCUT2D eigenvalue weighted by molar-refractivity contribution is 7.92. The van der Waals surface area contributed by atoms with Crippen LogP contribution in [0.5, 0.6) is 11.5 Å². The van der Waals surface area contributed by atoms with Gasteiger partial charge in [0.25, 0.3) is 15.9 Å². The van der Waals surface area contributed by atoms with Crippen LogP contribution in [0.3, 0.4) is 0 Å². The number of rotatable bonds is 10. The Labute approximate surface area is 257 Å². The van der Waals surface area contributed by atoms with Crippen LogP contribution in [0.15, 0.2) is 65.6 Å². The second-order valence-corrected chi connectivity index (χ2v) is 13.0. The maximum Gasteiger partial charge on any atom is 0.262 e. The van der Waals surface area contributed by atoms with Gasteiger partial charge < -0.3 is 19.5 Å². The van der Waals surface area contributed by atoms with Gasteiger partial charge in [0.15, 0.2) is 5.75 Å². The van der Waals surface area contributed by atoms with Crippen molar-refractivity contribution in [2.75, 3.05) is 38.6 Å². The predicted octanol–water partition coefficient (Wildman–Crippen LogP) is 5.15. The number of halogens is 2. The van der Waals surface area contributed by atoms with Crippen molar-refractivity contribution in [3.05, 3.63) is 81.8 Å². The van der Waals surface area contributed by atoms with Crippen LogP contribution >= 0.6 is 23.2 Å². The van der Waals surface area contributed by atoms with Gasteiger partial charge in [0.05, 0.1) is 46.0 Å². The van der Waals surface area contributed by atoms with Crippen molar-refractivity contribution in [3.8, 4) is 11.5 Å². The van der Waals surface area contributed by atoms with Crippen LogP contribution in [-0.4, -0.2) is 75.2 Å². The SMILES string of the molecule is COc1ccc(S(=O)(=O)Nc2cccc3c2O[C@H](CN(C)Cc2ccc(Cl)c(Cl)c2)[C@H](C)CN([C@@H](C)CO)C3=O)cc1. The number of methoxy groups -OCH3 is 1. The van der Waals surface area contributed by atoms with E-state index < -0.39 is 22.2 Å². The fourth-order valence-corrected chi connectivity index (χ4v) is 6.20. The van der Waals surface area contributed by atoms with E-state index in [1.54, 1.807) is 48.2 Å². The zero-order valence-electron chi connectivity index (χ0n) is 23.9. The molecule has 1 heterocycles. The smallest absolute Gasteiger partial charge is 0.262 e. The number of likely N-dealkylation sites (N-methyl/N-ethyl adjacent to an activating group) is 1. The number of amides is 1. The van der Waals surface area contributed by atoms with Gasteiger partial charge in [0.1, 0.15) is 11.9 Å². The van der Waals surface area contributed by atoms with Crippen molar-refractivity contribution in [3.63, 3.8) is 0 Å². The molecule has 0 saturated heterocycles. The van der Waals surface area contributed by atoms with Gasteiger partial charge in [-0.1, -0.05) is 42.3 Å². The highest BCUT2D eigenvalue weighted by Gasteiger charge is 2.35. The van der Waals surface area contributed by atoms with Crippen LogP contribution in [0.1, 0.15) is 29.8 Å². The normalized spacial score (nSPS) is 18.1. The summed E-state index contributed by atoms with van der Waals surface area (Å²) in [6.45, 7) is 4.87. The number of carbonyl (C=O) groups is 1. The minimum atomic E-state index is -4.03. The van der Waals surface area contributed by atoms with Crippen molar-refractivity contribution in [2.45, 2.75) is 37.4 Å². The molecule has 2 N–H and O–H groups in total. The first-order valence-corrected chi connectivity index (χ1v) is 15.7. The van der Waals surface area contributed by atoms with Gasteiger partial charge >= 0.3 is 0 Å². The average Bonchev–Trinajstić information content (AvgIpc) is 2.96. The summed E-state index contributed by atoms with van der Waals surface area (Å²) in [7, 11) is -0.593. The van der Waals surface area contributed by atoms with Crippen LogP contribution in [0.25, 0.3) is 0 Å². The monoisotopic (exact) mass is 635 g/mol. The van der Waals surface area contributed by atoms with Crippen LogP contribution in [0.4, 0.5) is 5.69 Å². The Kier molecular flexibility index (Phi) is 10.3. The molecule has 3 aromatic rings. The van der Waals surface area contributed by atoms with Crippen molar-refractivity contribution in [2.24, 2.45) is 5.92 Å². The standard InChI is InChI=1S/C30H35Cl2N3O6S/c1-19-15-35(20(2)18-36)30(37)24-6-5-7-27(33-42(38,39)23-11-9-22(40-4)10-12-23)29(24)41-28(19)17-34(3)16-21-8-13-25(31)26(32)14-21/h5-14,19-20,28,33,36H,15-18H2,1-4H3/t19-,20+,28-/m1/s1. The molecule has 1 aliphatic heterocycles. The molecule has 0 saturated carbocycles. The molecule has 0 aliphatic carbocycles. The summed E-state index contributed by atoms with van der Waals surface area (Å²) in [6.07, 6.45) is -0.440. The number of nitrogens with one attached hydrogen (secondary N) is 1. The van der Waals surface area contributed by atoms with Gasteiger partial charge in [0, 0.05) is 25.6 Å². The van der Waals surface area contributed by atoms with E-state index in [4.69, 9.17) is 32.7 Å². The molecule has 226 valence electrons. The molecule has 4 rings (SSSR count). The summed E-state index contributed by atoms with van der Waals surface area (Å²) in [5.41, 5.74) is 1.30. The second kappa shape index (κ2) is 13.5. The van der Waals surface area contributed by atoms with Crippen LogP contribution < -0.4 is 14.2 Å². The topological polar surface area (TPSA) is 108 Å². The predicted molar refractivity (Wildman–Crippen MR) is 164 cm³/mol. The lowest BCUT2D eigenvalue weighted by molar-refractivity contribution is 0.0344. The number of benzene rings is 3. The summed E-state index contributed by atoms with van der Waals surface area (Å²) in [5, 5.41) is 10.9. The number of anilines is 1. The summed E-state index contributed by atoms with van der Waals surface area (Å²) >= 11 is 12.3. The molecule has 3 atom stereocenters. The van der Waals surface area contributed by atoms with Crippen molar-refractivity contribution >= 4 is 44.8 Å². The van der Waals surface area contributed by atoms with Gasteiger partial charge in [-0.05, 0) is 68.1 Å². The number of nitrogens with zero attached hydrogens (tertiary/aromatic N) is 2. The van der Waals surface area contributed by atoms with E-state index in [2.05, 4.69) is 9.62 Å². The van der Waals surface area contributed by atoms with E-state index in [-0.39, 0.29) is 40.3 Å². The molecule has 0 unspecified atom stereocenters. The molecule has 0 radical (unpaired) electrons. The number of hydrogen-bond acceptors (Lipinski definition) is 7. The third-order valence-corrected chi connectivity index (χ3v) is 9.35. The van der Waals surface area contributed by atoms with Crippen molar-refractivity contribution < 1.29 is 27.8 Å². The maximum absolute atomic E-state index is 13.7. The molecule has 3 aromatic carbocycles. The zero-order chi connectivity index (χ0) is 30.6. The Morgan fingerprint density at radius 1 is 1.14 bits per heavy atom. The van der Waals surface area contributed by atoms with Crippen LogP contribution in [0, 0.1) is 5.92 Å². The largest absolute Gasteiger partial charge is 0.497 e. The molecule has 1 aliphatic rings. The van der Waals surface area contributed by atoms with E-state index in [0.29, 0.717) is 35.4 Å². The van der Waals surface area contributed by atoms with E-state index in [9.17, 15) is 18.3 Å². The number of fused-ring (bicyclic) bond motifs is 1. The van der Waals surface area contributed by atoms with E-state index in [1.165, 1.54) is 19.2 Å². The van der Waals surface area contributed by atoms with Gasteiger partial charge in [0.2, 0.25) is 0 Å². The number of hydrogen-bond donors (Lipinski definition) is 2. The molecule has 0 aromatic heterocycles. The summed E-state index contributed by atoms with van der Waals surface area (Å²) < 4.78 is 41.0. The van der Waals surface area contributed by atoms with E-state index in [1.807, 2.05) is 26.1 Å². The van der Waals surface area contributed by atoms with Gasteiger partial charge in [-0.15, -0.1) is 0 Å². The lowest BCUT2D eigenvalue weighted by Gasteiger charge is -2.38. The Balaban J connectivity index is 1.69. The van der Waals surface area contributed by atoms with Crippen molar-refractivity contribution in [1.29, 1.82) is 0 Å². The fourth-order valence-electron chi connectivity index (χ4n) is 4.82. The van der Waals surface area contributed by atoms with Crippen molar-refractivity contribution in [1.82, 2.24) is 9.80 Å². The van der Waals surface area contributed by atoms with Gasteiger partial charge in [-0.3, -0.25) is 14.4 Å². The summed E-state index contributed by atoms with van der Waals surface area (Å²) in [4.78, 5) is 17.4. The molecule has 9 nitrogen and oxygen atoms in total. The quantitative estimate of drug-likeness (QED) is 0.317. The molecule has 1 amide bonds. The molecular weight excluding hydrogens is 601 g/mol. The third-order valence-electron chi connectivity index (χ3n) is 7.23.